The van der Waals surface area contributed by atoms with Crippen molar-refractivity contribution in [3.05, 3.63) is 93.2 Å². The quantitative estimate of drug-likeness (QED) is 0.577. The Balaban J connectivity index is 1.72. The summed E-state index contributed by atoms with van der Waals surface area (Å²) in [6.45, 7) is 4.41. The first-order valence-corrected chi connectivity index (χ1v) is 10.3. The van der Waals surface area contributed by atoms with E-state index in [4.69, 9.17) is 0 Å². The largest absolute Gasteiger partial charge is 0.478 e. The number of carboxylic acid groups (broad SMARTS) is 1. The van der Waals surface area contributed by atoms with Gasteiger partial charge in [0.05, 0.1) is 11.3 Å². The van der Waals surface area contributed by atoms with Gasteiger partial charge in [-0.3, -0.25) is 4.79 Å². The molecule has 4 nitrogen and oxygen atoms in total. The summed E-state index contributed by atoms with van der Waals surface area (Å²) in [4.78, 5) is 25.5. The van der Waals surface area contributed by atoms with E-state index in [0.717, 1.165) is 17.6 Å². The molecule has 0 fully saturated rings. The predicted octanol–water partition coefficient (Wildman–Crippen LogP) is 5.81. The lowest BCUT2D eigenvalue weighted by molar-refractivity contribution is 0.0698. The molecule has 4 rings (SSSR count). The van der Waals surface area contributed by atoms with E-state index in [0.29, 0.717) is 5.56 Å². The number of rotatable bonds is 4. The molecule has 2 aromatic carbocycles. The number of hydrogen-bond donors (Lipinski definition) is 2. The predicted molar refractivity (Wildman–Crippen MR) is 117 cm³/mol. The zero-order valence-electron chi connectivity index (χ0n) is 16.2. The third kappa shape index (κ3) is 3.61. The average molecular weight is 404 g/mol. The average Bonchev–Trinajstić information content (AvgIpc) is 3.22. The lowest BCUT2D eigenvalue weighted by Gasteiger charge is -2.32. The smallest absolute Gasteiger partial charge is 0.337 e. The van der Waals surface area contributed by atoms with Crippen LogP contribution in [0.25, 0.3) is 5.57 Å². The van der Waals surface area contributed by atoms with Gasteiger partial charge in [-0.15, -0.1) is 11.3 Å². The maximum Gasteiger partial charge on any atom is 0.337 e. The molecule has 1 amide bonds. The van der Waals surface area contributed by atoms with Crippen molar-refractivity contribution in [2.75, 3.05) is 5.32 Å². The van der Waals surface area contributed by atoms with Gasteiger partial charge in [-0.2, -0.15) is 0 Å². The van der Waals surface area contributed by atoms with E-state index in [-0.39, 0.29) is 22.6 Å². The number of anilines is 1. The van der Waals surface area contributed by atoms with Gasteiger partial charge in [-0.05, 0) is 64.2 Å². The number of carbonyl (C=O) groups excluding carboxylic acids is 1. The second kappa shape index (κ2) is 7.33. The lowest BCUT2D eigenvalue weighted by atomic mass is 9.72. The molecule has 5 heteroatoms. The zero-order chi connectivity index (χ0) is 20.6. The maximum atomic E-state index is 12.9. The monoisotopic (exact) mass is 403 g/mol. The Morgan fingerprint density at radius 1 is 1.07 bits per heavy atom. The van der Waals surface area contributed by atoms with Crippen LogP contribution in [0.2, 0.25) is 0 Å². The van der Waals surface area contributed by atoms with Crippen molar-refractivity contribution in [3.63, 3.8) is 0 Å². The molecule has 0 aliphatic heterocycles. The minimum absolute atomic E-state index is 0.0129. The van der Waals surface area contributed by atoms with Crippen LogP contribution in [-0.4, -0.2) is 17.0 Å². The molecule has 1 aliphatic carbocycles. The van der Waals surface area contributed by atoms with Crippen LogP contribution in [-0.2, 0) is 5.41 Å². The highest BCUT2D eigenvalue weighted by molar-refractivity contribution is 7.11. The van der Waals surface area contributed by atoms with Crippen molar-refractivity contribution >= 4 is 34.5 Å². The third-order valence-corrected chi connectivity index (χ3v) is 6.21. The first-order valence-electron chi connectivity index (χ1n) is 9.39. The Hall–Kier alpha value is -3.18. The number of fused-ring (bicyclic) bond motifs is 1. The number of para-hydroxylation sites is 1. The minimum Gasteiger partial charge on any atom is -0.478 e. The van der Waals surface area contributed by atoms with Crippen LogP contribution in [0.1, 0.15) is 57.0 Å². The normalized spacial score (nSPS) is 14.6. The molecule has 0 radical (unpaired) electrons. The van der Waals surface area contributed by atoms with Gasteiger partial charge in [0, 0.05) is 10.4 Å². The van der Waals surface area contributed by atoms with E-state index in [9.17, 15) is 14.7 Å². The maximum absolute atomic E-state index is 12.9. The number of thiophene rings is 1. The van der Waals surface area contributed by atoms with Gasteiger partial charge < -0.3 is 10.4 Å². The van der Waals surface area contributed by atoms with Crippen molar-refractivity contribution in [1.82, 2.24) is 0 Å². The summed E-state index contributed by atoms with van der Waals surface area (Å²) in [6, 6.07) is 16.3. The van der Waals surface area contributed by atoms with Crippen LogP contribution in [0, 0.1) is 0 Å². The van der Waals surface area contributed by atoms with Gasteiger partial charge >= 0.3 is 5.97 Å². The molecule has 1 aliphatic rings. The highest BCUT2D eigenvalue weighted by Gasteiger charge is 2.29. The SMILES string of the molecule is CC1(C)CC=C(c2cccs2)c2cc(C(=O)Nc3ccccc3C(=O)O)ccc21. The summed E-state index contributed by atoms with van der Waals surface area (Å²) in [5.41, 5.74) is 4.27. The fourth-order valence-electron chi connectivity index (χ4n) is 3.71. The van der Waals surface area contributed by atoms with Crippen LogP contribution in [0.3, 0.4) is 0 Å². The van der Waals surface area contributed by atoms with Crippen molar-refractivity contribution in [2.24, 2.45) is 0 Å². The summed E-state index contributed by atoms with van der Waals surface area (Å²) >= 11 is 1.68. The Labute approximate surface area is 173 Å². The van der Waals surface area contributed by atoms with E-state index in [1.165, 1.54) is 16.5 Å². The molecule has 0 unspecified atom stereocenters. The molecule has 29 heavy (non-hydrogen) atoms. The molecule has 0 atom stereocenters. The van der Waals surface area contributed by atoms with Crippen molar-refractivity contribution in [2.45, 2.75) is 25.7 Å². The van der Waals surface area contributed by atoms with Gasteiger partial charge in [0.1, 0.15) is 0 Å². The summed E-state index contributed by atoms with van der Waals surface area (Å²) in [5, 5.41) is 14.1. The first kappa shape index (κ1) is 19.2. The van der Waals surface area contributed by atoms with Gasteiger partial charge in [0.15, 0.2) is 0 Å². The lowest BCUT2D eigenvalue weighted by Crippen LogP contribution is -2.23. The molecule has 0 bridgehead atoms. The van der Waals surface area contributed by atoms with Crippen LogP contribution in [0.4, 0.5) is 5.69 Å². The molecule has 3 aromatic rings. The van der Waals surface area contributed by atoms with Crippen molar-refractivity contribution < 1.29 is 14.7 Å². The Morgan fingerprint density at radius 2 is 1.86 bits per heavy atom. The molecule has 0 saturated heterocycles. The number of carboxylic acids is 1. The second-order valence-corrected chi connectivity index (χ2v) is 8.70. The van der Waals surface area contributed by atoms with Crippen LogP contribution < -0.4 is 5.32 Å². The van der Waals surface area contributed by atoms with E-state index in [1.54, 1.807) is 29.5 Å². The van der Waals surface area contributed by atoms with Crippen LogP contribution >= 0.6 is 11.3 Å². The standard InChI is InChI=1S/C24H21NO3S/c1-24(2)12-11-16(21-8-5-13-29-21)18-14-15(9-10-19(18)24)22(26)25-20-7-4-3-6-17(20)23(27)28/h3-11,13-14H,12H2,1-2H3,(H,25,26)(H,27,28). The highest BCUT2D eigenvalue weighted by atomic mass is 32.1. The molecule has 1 heterocycles. The molecular weight excluding hydrogens is 382 g/mol. The van der Waals surface area contributed by atoms with Gasteiger partial charge in [-0.1, -0.05) is 44.2 Å². The number of amides is 1. The topological polar surface area (TPSA) is 66.4 Å². The molecule has 146 valence electrons. The number of aromatic carboxylic acids is 1. The molecule has 2 N–H and O–H groups in total. The fourth-order valence-corrected chi connectivity index (χ4v) is 4.49. The van der Waals surface area contributed by atoms with Crippen LogP contribution in [0.5, 0.6) is 0 Å². The van der Waals surface area contributed by atoms with Crippen molar-refractivity contribution in [3.8, 4) is 0 Å². The Bertz CT molecular complexity index is 1130. The van der Waals surface area contributed by atoms with E-state index >= 15 is 0 Å². The summed E-state index contributed by atoms with van der Waals surface area (Å²) in [5.74, 6) is -1.40. The summed E-state index contributed by atoms with van der Waals surface area (Å²) in [6.07, 6.45) is 3.18. The highest BCUT2D eigenvalue weighted by Crippen LogP contribution is 2.42. The number of hydrogen-bond acceptors (Lipinski definition) is 3. The van der Waals surface area contributed by atoms with Crippen LogP contribution in [0.15, 0.2) is 66.1 Å². The first-order chi connectivity index (χ1) is 13.9. The number of allylic oxidation sites excluding steroid dienone is 1. The van der Waals surface area contributed by atoms with E-state index < -0.39 is 5.97 Å². The number of carbonyl (C=O) groups is 2. The summed E-state index contributed by atoms with van der Waals surface area (Å²) < 4.78 is 0. The third-order valence-electron chi connectivity index (χ3n) is 5.31. The summed E-state index contributed by atoms with van der Waals surface area (Å²) in [7, 11) is 0. The fraction of sp³-hybridized carbons (Fsp3) is 0.167. The molecular formula is C24H21NO3S. The number of nitrogens with one attached hydrogen (secondary N) is 1. The Morgan fingerprint density at radius 3 is 2.59 bits per heavy atom. The molecule has 0 saturated carbocycles. The van der Waals surface area contributed by atoms with Gasteiger partial charge in [-0.25, -0.2) is 4.79 Å². The second-order valence-electron chi connectivity index (χ2n) is 7.75. The number of benzene rings is 2. The van der Waals surface area contributed by atoms with Crippen molar-refractivity contribution in [1.29, 1.82) is 0 Å². The zero-order valence-corrected chi connectivity index (χ0v) is 17.0. The molecule has 0 spiro atoms. The van der Waals surface area contributed by atoms with E-state index in [2.05, 4.69) is 36.7 Å². The van der Waals surface area contributed by atoms with E-state index in [1.807, 2.05) is 24.3 Å². The van der Waals surface area contributed by atoms with Gasteiger partial charge in [0.25, 0.3) is 5.91 Å². The molecule has 1 aromatic heterocycles. The Kier molecular flexibility index (Phi) is 4.84. The minimum atomic E-state index is -1.07. The van der Waals surface area contributed by atoms with Gasteiger partial charge in [0.2, 0.25) is 0 Å².